The molecular formula is C17H15N7O2S. The van der Waals surface area contributed by atoms with Gasteiger partial charge in [0.1, 0.15) is 6.33 Å². The molecule has 3 heterocycles. The fraction of sp³-hybridized carbons (Fsp3) is 0.176. The van der Waals surface area contributed by atoms with Gasteiger partial charge in [-0.1, -0.05) is 11.2 Å². The standard InChI is InChI=1S/C17H15N7O2S/c1-11-2-3-13(24-10-18-22-23-24)8-14(11)19-15(25)4-5-16-20-17(21-26-16)12-6-7-27-9-12/h2-3,6-10H,4-5H2,1H3,(H,19,25). The lowest BCUT2D eigenvalue weighted by molar-refractivity contribution is -0.116. The van der Waals surface area contributed by atoms with Crippen LogP contribution in [-0.2, 0) is 11.2 Å². The van der Waals surface area contributed by atoms with E-state index in [1.54, 1.807) is 11.3 Å². The van der Waals surface area contributed by atoms with Gasteiger partial charge in [-0.2, -0.15) is 16.3 Å². The molecule has 4 aromatic rings. The van der Waals surface area contributed by atoms with Crippen LogP contribution in [0.3, 0.4) is 0 Å². The summed E-state index contributed by atoms with van der Waals surface area (Å²) in [4.78, 5) is 16.6. The SMILES string of the molecule is Cc1ccc(-n2cnnn2)cc1NC(=O)CCc1nc(-c2ccsc2)no1. The third-order valence-electron chi connectivity index (χ3n) is 3.92. The summed E-state index contributed by atoms with van der Waals surface area (Å²) in [7, 11) is 0. The quantitative estimate of drug-likeness (QED) is 0.546. The van der Waals surface area contributed by atoms with Gasteiger partial charge in [0.05, 0.1) is 5.69 Å². The zero-order valence-corrected chi connectivity index (χ0v) is 15.2. The van der Waals surface area contributed by atoms with Crippen LogP contribution < -0.4 is 5.32 Å². The molecule has 3 aromatic heterocycles. The van der Waals surface area contributed by atoms with E-state index in [1.165, 1.54) is 11.0 Å². The molecule has 0 unspecified atom stereocenters. The summed E-state index contributed by atoms with van der Waals surface area (Å²) in [5.74, 6) is 0.837. The molecule has 1 aromatic carbocycles. The van der Waals surface area contributed by atoms with E-state index in [0.717, 1.165) is 16.8 Å². The molecule has 4 rings (SSSR count). The van der Waals surface area contributed by atoms with Gasteiger partial charge in [0.25, 0.3) is 0 Å². The smallest absolute Gasteiger partial charge is 0.227 e. The van der Waals surface area contributed by atoms with Gasteiger partial charge in [0.15, 0.2) is 0 Å². The molecule has 0 spiro atoms. The predicted molar refractivity (Wildman–Crippen MR) is 98.5 cm³/mol. The minimum atomic E-state index is -0.137. The number of rotatable bonds is 6. The van der Waals surface area contributed by atoms with Gasteiger partial charge in [-0.3, -0.25) is 4.79 Å². The third kappa shape index (κ3) is 3.90. The minimum absolute atomic E-state index is 0.137. The average Bonchev–Trinajstić information content (AvgIpc) is 3.42. The number of thiophene rings is 1. The van der Waals surface area contributed by atoms with E-state index in [1.807, 2.05) is 41.9 Å². The van der Waals surface area contributed by atoms with Crippen molar-refractivity contribution in [3.63, 3.8) is 0 Å². The Morgan fingerprint density at radius 2 is 2.26 bits per heavy atom. The molecule has 1 N–H and O–H groups in total. The summed E-state index contributed by atoms with van der Waals surface area (Å²) >= 11 is 1.56. The molecule has 0 fully saturated rings. The van der Waals surface area contributed by atoms with Crippen LogP contribution in [0, 0.1) is 6.92 Å². The normalized spacial score (nSPS) is 10.9. The highest BCUT2D eigenvalue weighted by Gasteiger charge is 2.12. The van der Waals surface area contributed by atoms with Crippen LogP contribution in [0.15, 0.2) is 45.9 Å². The summed E-state index contributed by atoms with van der Waals surface area (Å²) in [5, 5.41) is 21.8. The number of carbonyl (C=O) groups is 1. The van der Waals surface area contributed by atoms with Crippen LogP contribution in [0.2, 0.25) is 0 Å². The number of nitrogens with one attached hydrogen (secondary N) is 1. The number of benzene rings is 1. The molecule has 1 amide bonds. The maximum atomic E-state index is 12.3. The summed E-state index contributed by atoms with van der Waals surface area (Å²) < 4.78 is 6.75. The maximum Gasteiger partial charge on any atom is 0.227 e. The summed E-state index contributed by atoms with van der Waals surface area (Å²) in [6, 6.07) is 7.53. The van der Waals surface area contributed by atoms with Crippen LogP contribution in [-0.4, -0.2) is 36.3 Å². The zero-order chi connectivity index (χ0) is 18.6. The van der Waals surface area contributed by atoms with Crippen LogP contribution in [0.4, 0.5) is 5.69 Å². The van der Waals surface area contributed by atoms with Crippen molar-refractivity contribution in [2.24, 2.45) is 0 Å². The second-order valence-electron chi connectivity index (χ2n) is 5.83. The number of aryl methyl sites for hydroxylation is 2. The summed E-state index contributed by atoms with van der Waals surface area (Å²) in [6.45, 7) is 1.92. The topological polar surface area (TPSA) is 112 Å². The molecule has 0 aliphatic heterocycles. The van der Waals surface area contributed by atoms with Gasteiger partial charge < -0.3 is 9.84 Å². The molecule has 0 bridgehead atoms. The average molecular weight is 381 g/mol. The lowest BCUT2D eigenvalue weighted by Crippen LogP contribution is -2.13. The first-order chi connectivity index (χ1) is 13.2. The van der Waals surface area contributed by atoms with E-state index in [-0.39, 0.29) is 12.3 Å². The first kappa shape index (κ1) is 17.0. The van der Waals surface area contributed by atoms with E-state index in [9.17, 15) is 4.79 Å². The maximum absolute atomic E-state index is 12.3. The minimum Gasteiger partial charge on any atom is -0.339 e. The van der Waals surface area contributed by atoms with Crippen LogP contribution in [0.5, 0.6) is 0 Å². The molecule has 0 saturated carbocycles. The molecular weight excluding hydrogens is 366 g/mol. The lowest BCUT2D eigenvalue weighted by Gasteiger charge is -2.10. The van der Waals surface area contributed by atoms with Crippen LogP contribution in [0.1, 0.15) is 17.9 Å². The van der Waals surface area contributed by atoms with E-state index < -0.39 is 0 Å². The van der Waals surface area contributed by atoms with Crippen molar-refractivity contribution >= 4 is 22.9 Å². The van der Waals surface area contributed by atoms with Gasteiger partial charge in [0.2, 0.25) is 17.6 Å². The highest BCUT2D eigenvalue weighted by Crippen LogP contribution is 2.20. The highest BCUT2D eigenvalue weighted by atomic mass is 32.1. The van der Waals surface area contributed by atoms with Crippen molar-refractivity contribution in [2.45, 2.75) is 19.8 Å². The molecule has 10 heteroatoms. The van der Waals surface area contributed by atoms with Crippen molar-refractivity contribution in [3.05, 3.63) is 52.8 Å². The second kappa shape index (κ2) is 7.46. The molecule has 0 saturated heterocycles. The fourth-order valence-corrected chi connectivity index (χ4v) is 3.10. The molecule has 0 aliphatic carbocycles. The van der Waals surface area contributed by atoms with Crippen molar-refractivity contribution in [3.8, 4) is 17.1 Å². The third-order valence-corrected chi connectivity index (χ3v) is 4.61. The Morgan fingerprint density at radius 1 is 1.33 bits per heavy atom. The molecule has 27 heavy (non-hydrogen) atoms. The van der Waals surface area contributed by atoms with E-state index in [0.29, 0.717) is 23.8 Å². The Balaban J connectivity index is 1.39. The molecule has 9 nitrogen and oxygen atoms in total. The lowest BCUT2D eigenvalue weighted by atomic mass is 10.1. The van der Waals surface area contributed by atoms with Crippen LogP contribution in [0.25, 0.3) is 17.1 Å². The number of tetrazole rings is 1. The van der Waals surface area contributed by atoms with Gasteiger partial charge in [-0.25, -0.2) is 4.68 Å². The number of amides is 1. The Hall–Kier alpha value is -3.40. The van der Waals surface area contributed by atoms with Crippen molar-refractivity contribution in [1.82, 2.24) is 30.3 Å². The van der Waals surface area contributed by atoms with Crippen molar-refractivity contribution in [2.75, 3.05) is 5.32 Å². The van der Waals surface area contributed by atoms with Gasteiger partial charge in [0, 0.05) is 29.5 Å². The Kier molecular flexibility index (Phi) is 4.71. The predicted octanol–water partition coefficient (Wildman–Crippen LogP) is 2.65. The second-order valence-corrected chi connectivity index (χ2v) is 6.61. The number of nitrogens with zero attached hydrogens (tertiary/aromatic N) is 6. The van der Waals surface area contributed by atoms with Gasteiger partial charge >= 0.3 is 0 Å². The molecule has 0 radical (unpaired) electrons. The van der Waals surface area contributed by atoms with Crippen molar-refractivity contribution in [1.29, 1.82) is 0 Å². The number of anilines is 1. The number of hydrogen-bond donors (Lipinski definition) is 1. The monoisotopic (exact) mass is 381 g/mol. The first-order valence-corrected chi connectivity index (χ1v) is 9.12. The summed E-state index contributed by atoms with van der Waals surface area (Å²) in [6.07, 6.45) is 2.10. The van der Waals surface area contributed by atoms with E-state index >= 15 is 0 Å². The number of aromatic nitrogens is 6. The Labute approximate surface area is 158 Å². The zero-order valence-electron chi connectivity index (χ0n) is 14.4. The van der Waals surface area contributed by atoms with Gasteiger partial charge in [-0.15, -0.1) is 5.10 Å². The largest absolute Gasteiger partial charge is 0.339 e. The Bertz CT molecular complexity index is 1040. The number of carbonyl (C=O) groups excluding carboxylic acids is 1. The molecule has 0 atom stereocenters. The van der Waals surface area contributed by atoms with Crippen molar-refractivity contribution < 1.29 is 9.32 Å². The first-order valence-electron chi connectivity index (χ1n) is 8.18. The highest BCUT2D eigenvalue weighted by molar-refractivity contribution is 7.08. The van der Waals surface area contributed by atoms with Gasteiger partial charge in [-0.05, 0) is 46.5 Å². The number of hydrogen-bond acceptors (Lipinski definition) is 8. The molecule has 136 valence electrons. The van der Waals surface area contributed by atoms with E-state index in [4.69, 9.17) is 4.52 Å². The fourth-order valence-electron chi connectivity index (χ4n) is 2.47. The van der Waals surface area contributed by atoms with E-state index in [2.05, 4.69) is 31.0 Å². The van der Waals surface area contributed by atoms with Crippen LogP contribution >= 0.6 is 11.3 Å². The Morgan fingerprint density at radius 3 is 3.04 bits per heavy atom. The molecule has 0 aliphatic rings. The summed E-state index contributed by atoms with van der Waals surface area (Å²) in [5.41, 5.74) is 3.32.